The molecule has 0 saturated heterocycles. The van der Waals surface area contributed by atoms with Gasteiger partial charge >= 0.3 is 5.97 Å². The van der Waals surface area contributed by atoms with Crippen LogP contribution in [0.2, 0.25) is 0 Å². The number of non-ortho nitro benzene ring substituents is 1. The maximum Gasteiger partial charge on any atom is 0.341 e. The van der Waals surface area contributed by atoms with Gasteiger partial charge in [-0.05, 0) is 18.6 Å². The van der Waals surface area contributed by atoms with E-state index in [4.69, 9.17) is 39.5 Å². The summed E-state index contributed by atoms with van der Waals surface area (Å²) >= 11 is 16.5. The predicted molar refractivity (Wildman–Crippen MR) is 83.0 cm³/mol. The Bertz CT molecular complexity index is 637. The van der Waals surface area contributed by atoms with Gasteiger partial charge in [-0.15, -0.1) is 0 Å². The van der Waals surface area contributed by atoms with Crippen molar-refractivity contribution in [1.29, 1.82) is 0 Å². The minimum absolute atomic E-state index is 0.0122. The molecule has 9 heteroatoms. The van der Waals surface area contributed by atoms with Crippen LogP contribution in [0.25, 0.3) is 6.08 Å². The van der Waals surface area contributed by atoms with Crippen molar-refractivity contribution in [2.45, 2.75) is 10.7 Å². The molecule has 0 radical (unpaired) electrons. The lowest BCUT2D eigenvalue weighted by Gasteiger charge is -2.12. The second-order valence-electron chi connectivity index (χ2n) is 3.96. The van der Waals surface area contributed by atoms with Crippen LogP contribution in [0.4, 0.5) is 5.69 Å². The van der Waals surface area contributed by atoms with Crippen LogP contribution in [0.15, 0.2) is 29.8 Å². The standard InChI is InChI=1S/C13H10Cl3NO5/c1-2-22-12(19)10(11(18)13(14,15)16)7-8-4-3-5-9(6-8)17(20)21/h3-7H,2H2,1H3/b10-7-. The molecule has 0 aliphatic rings. The lowest BCUT2D eigenvalue weighted by atomic mass is 10.1. The Morgan fingerprint density at radius 2 is 2.00 bits per heavy atom. The SMILES string of the molecule is CCOC(=O)/C(=C\c1cccc([N+](=O)[O-])c1)C(=O)C(Cl)(Cl)Cl. The number of ether oxygens (including phenoxy) is 1. The van der Waals surface area contributed by atoms with E-state index >= 15 is 0 Å². The number of carbonyl (C=O) groups is 2. The van der Waals surface area contributed by atoms with Gasteiger partial charge in [0.15, 0.2) is 0 Å². The third-order valence-electron chi connectivity index (χ3n) is 2.39. The van der Waals surface area contributed by atoms with Crippen molar-refractivity contribution in [3.05, 3.63) is 45.5 Å². The van der Waals surface area contributed by atoms with Crippen LogP contribution < -0.4 is 0 Å². The number of benzene rings is 1. The van der Waals surface area contributed by atoms with Crippen molar-refractivity contribution in [2.75, 3.05) is 6.61 Å². The fourth-order valence-electron chi connectivity index (χ4n) is 1.47. The predicted octanol–water partition coefficient (Wildman–Crippen LogP) is 3.48. The van der Waals surface area contributed by atoms with Gasteiger partial charge in [0.25, 0.3) is 9.48 Å². The van der Waals surface area contributed by atoms with E-state index in [1.807, 2.05) is 0 Å². The second kappa shape index (κ2) is 7.58. The molecule has 0 heterocycles. The number of esters is 1. The largest absolute Gasteiger partial charge is 0.462 e. The second-order valence-corrected chi connectivity index (χ2v) is 6.24. The Morgan fingerprint density at radius 1 is 1.36 bits per heavy atom. The van der Waals surface area contributed by atoms with Crippen molar-refractivity contribution >= 4 is 58.3 Å². The van der Waals surface area contributed by atoms with Crippen molar-refractivity contribution in [1.82, 2.24) is 0 Å². The summed E-state index contributed by atoms with van der Waals surface area (Å²) in [5.41, 5.74) is -0.500. The number of hydrogen-bond donors (Lipinski definition) is 0. The van der Waals surface area contributed by atoms with Crippen molar-refractivity contribution in [3.8, 4) is 0 Å². The summed E-state index contributed by atoms with van der Waals surface area (Å²) < 4.78 is 2.38. The lowest BCUT2D eigenvalue weighted by molar-refractivity contribution is -0.384. The first-order valence-electron chi connectivity index (χ1n) is 5.91. The highest BCUT2D eigenvalue weighted by molar-refractivity contribution is 6.78. The molecule has 0 spiro atoms. The molecule has 6 nitrogen and oxygen atoms in total. The molecule has 0 fully saturated rings. The molecule has 1 aromatic rings. The molecular formula is C13H10Cl3NO5. The quantitative estimate of drug-likeness (QED) is 0.151. The highest BCUT2D eigenvalue weighted by atomic mass is 35.6. The normalized spacial score (nSPS) is 11.9. The summed E-state index contributed by atoms with van der Waals surface area (Å²) in [5.74, 6) is -2.06. The number of rotatable bonds is 5. The molecule has 0 aliphatic carbocycles. The molecule has 118 valence electrons. The Kier molecular flexibility index (Phi) is 6.34. The van der Waals surface area contributed by atoms with Crippen molar-refractivity contribution < 1.29 is 19.2 Å². The van der Waals surface area contributed by atoms with E-state index in [0.29, 0.717) is 0 Å². The molecule has 1 aromatic carbocycles. The van der Waals surface area contributed by atoms with E-state index < -0.39 is 26.0 Å². The summed E-state index contributed by atoms with van der Waals surface area (Å²) in [6, 6.07) is 5.29. The number of alkyl halides is 3. The van der Waals surface area contributed by atoms with Gasteiger partial charge in [-0.3, -0.25) is 14.9 Å². The summed E-state index contributed by atoms with van der Waals surface area (Å²) in [6.07, 6.45) is 1.08. The van der Waals surface area contributed by atoms with Crippen LogP contribution in [0.3, 0.4) is 0 Å². The summed E-state index contributed by atoms with van der Waals surface area (Å²) in [7, 11) is 0. The van der Waals surface area contributed by atoms with E-state index in [9.17, 15) is 19.7 Å². The molecule has 22 heavy (non-hydrogen) atoms. The average Bonchev–Trinajstić information content (AvgIpc) is 2.43. The van der Waals surface area contributed by atoms with E-state index in [1.165, 1.54) is 24.3 Å². The van der Waals surface area contributed by atoms with Crippen LogP contribution >= 0.6 is 34.8 Å². The van der Waals surface area contributed by atoms with Gasteiger partial charge < -0.3 is 4.74 Å². The highest BCUT2D eigenvalue weighted by Crippen LogP contribution is 2.31. The Balaban J connectivity index is 3.32. The Hall–Kier alpha value is -1.63. The zero-order valence-electron chi connectivity index (χ0n) is 11.2. The number of ketones is 1. The first-order chi connectivity index (χ1) is 10.2. The van der Waals surface area contributed by atoms with Gasteiger partial charge in [-0.25, -0.2) is 4.79 Å². The molecule has 0 bridgehead atoms. The van der Waals surface area contributed by atoms with Crippen LogP contribution in [-0.2, 0) is 14.3 Å². The van der Waals surface area contributed by atoms with Crippen LogP contribution in [0.1, 0.15) is 12.5 Å². The first kappa shape index (κ1) is 18.4. The molecule has 0 saturated carbocycles. The molecule has 0 amide bonds. The Labute approximate surface area is 140 Å². The van der Waals surface area contributed by atoms with Gasteiger partial charge in [0.2, 0.25) is 5.78 Å². The van der Waals surface area contributed by atoms with Gasteiger partial charge in [0.1, 0.15) is 5.57 Å². The molecule has 0 atom stereocenters. The molecule has 0 aromatic heterocycles. The number of nitrogens with zero attached hydrogens (tertiary/aromatic N) is 1. The number of nitro groups is 1. The smallest absolute Gasteiger partial charge is 0.341 e. The fourth-order valence-corrected chi connectivity index (χ4v) is 1.78. The van der Waals surface area contributed by atoms with Gasteiger partial charge in [-0.1, -0.05) is 46.9 Å². The van der Waals surface area contributed by atoms with E-state index in [0.717, 1.165) is 6.08 Å². The van der Waals surface area contributed by atoms with Crippen LogP contribution in [0.5, 0.6) is 0 Å². The number of halogens is 3. The topological polar surface area (TPSA) is 86.5 Å². The van der Waals surface area contributed by atoms with E-state index in [1.54, 1.807) is 6.92 Å². The van der Waals surface area contributed by atoms with Gasteiger partial charge in [0.05, 0.1) is 11.5 Å². The average molecular weight is 367 g/mol. The maximum absolute atomic E-state index is 12.0. The first-order valence-corrected chi connectivity index (χ1v) is 7.05. The molecule has 0 unspecified atom stereocenters. The third kappa shape index (κ3) is 4.98. The fraction of sp³-hybridized carbons (Fsp3) is 0.231. The zero-order valence-corrected chi connectivity index (χ0v) is 13.5. The highest BCUT2D eigenvalue weighted by Gasteiger charge is 2.37. The van der Waals surface area contributed by atoms with Crippen molar-refractivity contribution in [3.63, 3.8) is 0 Å². The summed E-state index contributed by atoms with van der Waals surface area (Å²) in [5, 5.41) is 10.7. The summed E-state index contributed by atoms with van der Waals surface area (Å²) in [4.78, 5) is 34.0. The maximum atomic E-state index is 12.0. The molecule has 0 aliphatic heterocycles. The molecule has 1 rings (SSSR count). The van der Waals surface area contributed by atoms with Crippen LogP contribution in [0, 0.1) is 10.1 Å². The Morgan fingerprint density at radius 3 is 2.50 bits per heavy atom. The number of hydrogen-bond acceptors (Lipinski definition) is 5. The molecule has 0 N–H and O–H groups in total. The summed E-state index contributed by atoms with van der Waals surface area (Å²) in [6.45, 7) is 1.56. The number of nitro benzene ring substituents is 1. The van der Waals surface area contributed by atoms with E-state index in [-0.39, 0.29) is 17.9 Å². The van der Waals surface area contributed by atoms with E-state index in [2.05, 4.69) is 0 Å². The third-order valence-corrected chi connectivity index (χ3v) is 2.90. The van der Waals surface area contributed by atoms with Crippen LogP contribution in [-0.4, -0.2) is 27.1 Å². The monoisotopic (exact) mass is 365 g/mol. The minimum Gasteiger partial charge on any atom is -0.462 e. The van der Waals surface area contributed by atoms with Crippen molar-refractivity contribution in [2.24, 2.45) is 0 Å². The minimum atomic E-state index is -2.35. The molecular weight excluding hydrogens is 357 g/mol. The number of Topliss-reactive ketones (excluding diaryl/α,β-unsaturated/α-hetero) is 1. The lowest BCUT2D eigenvalue weighted by Crippen LogP contribution is -2.26. The van der Waals surface area contributed by atoms with Gasteiger partial charge in [-0.2, -0.15) is 0 Å². The number of carbonyl (C=O) groups excluding carboxylic acids is 2. The zero-order chi connectivity index (χ0) is 16.9. The van der Waals surface area contributed by atoms with Gasteiger partial charge in [0, 0.05) is 12.1 Å².